The van der Waals surface area contributed by atoms with Gasteiger partial charge < -0.3 is 81.7 Å². The fourth-order valence-electron chi connectivity index (χ4n) is 15.1. The summed E-state index contributed by atoms with van der Waals surface area (Å²) in [6.45, 7) is 38.8. The van der Waals surface area contributed by atoms with Crippen molar-refractivity contribution in [1.82, 2.24) is 35.0 Å². The van der Waals surface area contributed by atoms with Gasteiger partial charge in [-0.1, -0.05) is 112 Å². The van der Waals surface area contributed by atoms with Gasteiger partial charge in [0.15, 0.2) is 0 Å². The first-order chi connectivity index (χ1) is 62.5. The van der Waals surface area contributed by atoms with Crippen LogP contribution in [0.25, 0.3) is 0 Å². The van der Waals surface area contributed by atoms with Crippen LogP contribution in [0.2, 0.25) is 0 Å². The highest BCUT2D eigenvalue weighted by atomic mass is 79.9. The Bertz CT molecular complexity index is 3240. The number of unbranched alkanes of at least 4 members (excludes halogenated alkanes) is 6. The molecule has 0 unspecified atom stereocenters. The molecule has 0 aromatic carbocycles. The van der Waals surface area contributed by atoms with Crippen molar-refractivity contribution in [1.29, 1.82) is 0 Å². The van der Waals surface area contributed by atoms with E-state index in [0.29, 0.717) is 56.8 Å². The number of allylic oxidation sites excluding steroid dienone is 1. The largest absolute Gasteiger partial charge is 0.469 e. The van der Waals surface area contributed by atoms with E-state index in [4.69, 9.17) is 38.7 Å². The third-order valence-corrected chi connectivity index (χ3v) is 25.2. The molecule has 8 fully saturated rings. The van der Waals surface area contributed by atoms with Crippen molar-refractivity contribution in [3.63, 3.8) is 0 Å². The molecule has 1 saturated carbocycles. The van der Waals surface area contributed by atoms with Gasteiger partial charge in [0.1, 0.15) is 40.5 Å². The van der Waals surface area contributed by atoms with E-state index in [1.54, 1.807) is 19.8 Å². The van der Waals surface area contributed by atoms with Crippen molar-refractivity contribution in [2.24, 2.45) is 35.5 Å². The molecule has 0 atom stereocenters. The highest BCUT2D eigenvalue weighted by Crippen LogP contribution is 2.46. The number of esters is 2. The number of likely N-dealkylation sites (tertiary alicyclic amines) is 5. The zero-order chi connectivity index (χ0) is 101. The maximum Gasteiger partial charge on any atom is 0.410 e. The fourth-order valence-corrected chi connectivity index (χ4v) is 16.3. The van der Waals surface area contributed by atoms with Crippen LogP contribution in [0.4, 0.5) is 24.0 Å². The molecule has 7 aliphatic heterocycles. The molecule has 8 rings (SSSR count). The predicted molar refractivity (Wildman–Crippen MR) is 519 cm³/mol. The number of piperidine rings is 5. The number of aliphatic hydroxyl groups excluding tert-OH is 2. The maximum atomic E-state index is 11.9. The Kier molecular flexibility index (Phi) is 68.3. The Balaban J connectivity index is 0.00000150. The van der Waals surface area contributed by atoms with Crippen molar-refractivity contribution < 1.29 is 124 Å². The van der Waals surface area contributed by atoms with E-state index in [1.807, 2.05) is 120 Å². The number of aldehydes is 1. The van der Waals surface area contributed by atoms with Crippen LogP contribution in [-0.4, -0.2) is 277 Å². The van der Waals surface area contributed by atoms with Gasteiger partial charge in [0.05, 0.1) is 40.3 Å². The summed E-state index contributed by atoms with van der Waals surface area (Å²) in [6.07, 6.45) is 41.9. The van der Waals surface area contributed by atoms with E-state index < -0.39 is 46.5 Å². The first-order valence-corrected chi connectivity index (χ1v) is 51.9. The molecule has 0 spiro atoms. The molecule has 774 valence electrons. The quantitative estimate of drug-likeness (QED) is 0.00668. The second-order valence-corrected chi connectivity index (χ2v) is 43.3. The number of hydrogen-bond donors (Lipinski definition) is 3. The number of hydroxylamine groups is 3. The van der Waals surface area contributed by atoms with Crippen LogP contribution in [-0.2, 0) is 90.0 Å². The number of alkyl halides is 1. The average molecular weight is 2020 g/mol. The summed E-state index contributed by atoms with van der Waals surface area (Å²) < 4.78 is 55.8. The molecule has 8 aliphatic rings. The lowest BCUT2D eigenvalue weighted by Crippen LogP contribution is -2.41. The Morgan fingerprint density at radius 3 is 1.04 bits per heavy atom. The van der Waals surface area contributed by atoms with Gasteiger partial charge in [-0.2, -0.15) is 0 Å². The van der Waals surface area contributed by atoms with E-state index in [2.05, 4.69) is 68.0 Å². The summed E-state index contributed by atoms with van der Waals surface area (Å²) in [6, 6.07) is 0. The lowest BCUT2D eigenvalue weighted by Gasteiger charge is -2.33. The molecule has 37 heteroatoms. The van der Waals surface area contributed by atoms with Gasteiger partial charge in [-0.3, -0.25) is 38.2 Å². The van der Waals surface area contributed by atoms with Crippen LogP contribution in [0.5, 0.6) is 0 Å². The number of amides is 7. The van der Waals surface area contributed by atoms with Crippen LogP contribution >= 0.6 is 46.7 Å². The van der Waals surface area contributed by atoms with E-state index in [-0.39, 0.29) is 66.6 Å². The highest BCUT2D eigenvalue weighted by molar-refractivity contribution is 9.09. The van der Waals surface area contributed by atoms with Crippen molar-refractivity contribution in [2.75, 3.05) is 138 Å². The third kappa shape index (κ3) is 68.7. The molecule has 7 saturated heterocycles. The smallest absolute Gasteiger partial charge is 0.410 e. The fraction of sp³-hybridized carbons (Fsp3) is 0.854. The number of halogens is 3. The standard InChI is InChI=1S/C16H27NO4.C15H28BrNO2.C15H29NO3.C14H25NO2.C13H25NO3.C13H23NO3.C5H11O5P.C3H5NO2.C2Cl2O2/c1-16(2,3)21-15(19)17-11-9-13(10-12-17)7-5-6-8-14(18)20-4;1-15(2,3)19-14(18)17-11-8-13(9-12-17)7-5-4-6-10-16;1-15(2,3)19-14(18)16-10-8-13(9-11-16)7-5-4-6-12-17;16-14-10-12-17-15(14)11-6-2-5-9-13-7-3-1-4-8-13;2*1-13(2,3)17-12(16)14-8-6-11(7-9-14)5-4-10-15;1-8-5(6)4-11(7,9-2)10-3;5-3-1-2-6-4-3;3-1(5)2(4)6/h6,8,13H,5,7,9-12H2,1-4H3;13H,4-12H2,1-3H3;13,17H,4-12H2,1-3H3;13H,1-12H2;11,15H,4-10H2,1-3H3;10-11H,4-9H2,1-3H3;4H2,1-3H3;1-2H2,(H,4,5);/b8-6+;;;;;;;;. The van der Waals surface area contributed by atoms with Gasteiger partial charge in [0.25, 0.3) is 0 Å². The summed E-state index contributed by atoms with van der Waals surface area (Å²) in [4.78, 5) is 150. The second kappa shape index (κ2) is 71.5. The predicted octanol–water partition coefficient (Wildman–Crippen LogP) is 19.8. The van der Waals surface area contributed by atoms with Gasteiger partial charge in [-0.15, -0.1) is 0 Å². The summed E-state index contributed by atoms with van der Waals surface area (Å²) in [5.74, 6) is 3.59. The van der Waals surface area contributed by atoms with Gasteiger partial charge in [0.2, 0.25) is 11.8 Å². The second-order valence-electron chi connectivity index (χ2n) is 39.6. The molecule has 3 N–H and O–H groups in total. The minimum absolute atomic E-state index is 0.0185. The number of carbonyl (C=O) groups excluding carboxylic acids is 12. The molecular formula is C96H173BrCl2N7O26P. The van der Waals surface area contributed by atoms with Crippen molar-refractivity contribution in [3.8, 4) is 0 Å². The first-order valence-electron chi connectivity index (χ1n) is 48.3. The Morgan fingerprint density at radius 1 is 0.436 bits per heavy atom. The van der Waals surface area contributed by atoms with Crippen LogP contribution in [0.15, 0.2) is 12.2 Å². The highest BCUT2D eigenvalue weighted by Gasteiger charge is 2.34. The van der Waals surface area contributed by atoms with Crippen molar-refractivity contribution >= 4 is 118 Å². The van der Waals surface area contributed by atoms with E-state index in [9.17, 15) is 62.1 Å². The first kappa shape index (κ1) is 127. The molecule has 0 radical (unpaired) electrons. The van der Waals surface area contributed by atoms with Crippen LogP contribution in [0, 0.1) is 35.5 Å². The van der Waals surface area contributed by atoms with Crippen LogP contribution in [0.3, 0.4) is 0 Å². The summed E-state index contributed by atoms with van der Waals surface area (Å²) >= 11 is 12.4. The molecule has 7 amide bonds. The molecule has 0 aromatic rings. The van der Waals surface area contributed by atoms with Gasteiger partial charge in [0, 0.05) is 117 Å². The minimum atomic E-state index is -3.23. The molecule has 0 bridgehead atoms. The number of aliphatic hydroxyl groups is 2. The topological polar surface area (TPSA) is 395 Å². The third-order valence-electron chi connectivity index (χ3n) is 22.4. The Labute approximate surface area is 814 Å². The van der Waals surface area contributed by atoms with E-state index in [0.717, 1.165) is 217 Å². The number of nitrogens with zero attached hydrogens (tertiary/aromatic N) is 6. The lowest BCUT2D eigenvalue weighted by molar-refractivity contribution is -0.161. The molecule has 133 heavy (non-hydrogen) atoms. The molecule has 7 heterocycles. The van der Waals surface area contributed by atoms with Gasteiger partial charge in [-0.25, -0.2) is 39.3 Å². The summed E-state index contributed by atoms with van der Waals surface area (Å²) in [5, 5.41) is 17.9. The molecular weight excluding hydrogens is 1850 g/mol. The van der Waals surface area contributed by atoms with E-state index >= 15 is 0 Å². The monoisotopic (exact) mass is 2020 g/mol. The normalized spacial score (nSPS) is 17.4. The minimum Gasteiger partial charge on any atom is -0.469 e. The Hall–Kier alpha value is -5.97. The van der Waals surface area contributed by atoms with Crippen LogP contribution in [0.1, 0.15) is 329 Å². The number of carbonyl (C=O) groups is 12. The average Bonchev–Trinajstić information content (AvgIpc) is 1.43. The number of hydrogen-bond acceptors (Lipinski definition) is 26. The van der Waals surface area contributed by atoms with Crippen molar-refractivity contribution in [2.45, 2.75) is 357 Å². The number of methoxy groups -OCH3 is 2. The summed E-state index contributed by atoms with van der Waals surface area (Å²) in [5.41, 5.74) is 0.116. The number of rotatable bonds is 31. The number of ether oxygens (including phenoxy) is 7. The van der Waals surface area contributed by atoms with E-state index in [1.165, 1.54) is 124 Å². The summed E-state index contributed by atoms with van der Waals surface area (Å²) in [7, 11) is 1.78. The Morgan fingerprint density at radius 2 is 0.767 bits per heavy atom. The van der Waals surface area contributed by atoms with Crippen molar-refractivity contribution in [3.05, 3.63) is 12.2 Å². The SMILES string of the molecule is CC(C)(C)OC(=O)N1CCC(CCC=O)CC1.CC(C)(C)OC(=O)N1CCC(CCCCCBr)CC1.CC(C)(C)OC(=O)N1CCC(CCCCCO)CC1.CC(C)(C)OC(=O)N1CCC(CCCO)CC1.COC(=O)/C=C/CCC1CCN(C(=O)OC(C)(C)C)CC1.COC(=O)CP(=O)(OC)OC.O=C(Cl)C(=O)Cl.O=C1CCON1.O=C1CCON1CCCCCC1CCCCC1. The number of nitrogens with one attached hydrogen (secondary N) is 1. The lowest BCUT2D eigenvalue weighted by atomic mass is 9.85. The molecule has 33 nitrogen and oxygen atoms in total. The van der Waals surface area contributed by atoms with Crippen LogP contribution < -0.4 is 5.48 Å². The van der Waals surface area contributed by atoms with Gasteiger partial charge in [-0.05, 0) is 278 Å². The zero-order valence-corrected chi connectivity index (χ0v) is 88.4. The molecule has 1 aliphatic carbocycles. The maximum absolute atomic E-state index is 11.9. The molecule has 0 aromatic heterocycles. The zero-order valence-electron chi connectivity index (χ0n) is 84.4. The van der Waals surface area contributed by atoms with Gasteiger partial charge >= 0.3 is 60.5 Å².